The molecular formula is C17H15BrN4O3S. The number of fused-ring (bicyclic) bond motifs is 1. The van der Waals surface area contributed by atoms with Crippen molar-refractivity contribution in [3.8, 4) is 11.5 Å². The number of furan rings is 1. The van der Waals surface area contributed by atoms with Crippen LogP contribution in [0.1, 0.15) is 0 Å². The standard InChI is InChI=1S/C17H15BrN4O3S/c18-13-4-1-2-6-16(13)26(23,24)19-7-8-21-9-10-22-17(21)12-14(20-22)15-5-3-11-25-15/h1-6,9-12,19H,7-8H2. The van der Waals surface area contributed by atoms with Gasteiger partial charge in [-0.05, 0) is 40.2 Å². The van der Waals surface area contributed by atoms with E-state index >= 15 is 0 Å². The van der Waals surface area contributed by atoms with Gasteiger partial charge in [0.1, 0.15) is 11.3 Å². The molecule has 1 aromatic carbocycles. The van der Waals surface area contributed by atoms with Crippen LogP contribution in [0.15, 0.2) is 74.9 Å². The number of benzene rings is 1. The number of halogens is 1. The average Bonchev–Trinajstić information content (AvgIpc) is 3.32. The van der Waals surface area contributed by atoms with E-state index in [2.05, 4.69) is 25.8 Å². The third-order valence-electron chi connectivity index (χ3n) is 3.94. The Labute approximate surface area is 158 Å². The monoisotopic (exact) mass is 434 g/mol. The molecule has 4 aromatic rings. The summed E-state index contributed by atoms with van der Waals surface area (Å²) in [4.78, 5) is 0.224. The van der Waals surface area contributed by atoms with Crippen molar-refractivity contribution >= 4 is 31.6 Å². The Morgan fingerprint density at radius 2 is 2.00 bits per heavy atom. The summed E-state index contributed by atoms with van der Waals surface area (Å²) in [6.45, 7) is 0.735. The molecule has 7 nitrogen and oxygen atoms in total. The Bertz CT molecular complexity index is 1150. The molecule has 0 spiro atoms. The Morgan fingerprint density at radius 1 is 1.15 bits per heavy atom. The third-order valence-corrected chi connectivity index (χ3v) is 6.42. The van der Waals surface area contributed by atoms with Crippen LogP contribution >= 0.6 is 15.9 Å². The maximum absolute atomic E-state index is 12.4. The molecule has 3 heterocycles. The summed E-state index contributed by atoms with van der Waals surface area (Å²) in [6.07, 6.45) is 5.29. The molecule has 1 N–H and O–H groups in total. The van der Waals surface area contributed by atoms with E-state index in [1.54, 1.807) is 35.0 Å². The van der Waals surface area contributed by atoms with Crippen molar-refractivity contribution in [3.63, 3.8) is 0 Å². The maximum atomic E-state index is 12.4. The molecule has 3 aromatic heterocycles. The smallest absolute Gasteiger partial charge is 0.241 e. The summed E-state index contributed by atoms with van der Waals surface area (Å²) in [6, 6.07) is 12.3. The molecule has 134 valence electrons. The highest BCUT2D eigenvalue weighted by molar-refractivity contribution is 9.10. The molecule has 0 aliphatic rings. The second-order valence-electron chi connectivity index (χ2n) is 5.63. The predicted octanol–water partition coefficient (Wildman–Crippen LogP) is 3.14. The number of sulfonamides is 1. The van der Waals surface area contributed by atoms with Gasteiger partial charge < -0.3 is 8.98 Å². The van der Waals surface area contributed by atoms with Gasteiger partial charge in [-0.15, -0.1) is 0 Å². The van der Waals surface area contributed by atoms with Gasteiger partial charge in [0.25, 0.3) is 0 Å². The van der Waals surface area contributed by atoms with Gasteiger partial charge in [-0.2, -0.15) is 5.10 Å². The van der Waals surface area contributed by atoms with Crippen LogP contribution in [-0.2, 0) is 16.6 Å². The molecular weight excluding hydrogens is 420 g/mol. The van der Waals surface area contributed by atoms with E-state index in [1.807, 2.05) is 35.2 Å². The lowest BCUT2D eigenvalue weighted by molar-refractivity contribution is 0.574. The highest BCUT2D eigenvalue weighted by Gasteiger charge is 2.17. The van der Waals surface area contributed by atoms with E-state index < -0.39 is 10.0 Å². The fourth-order valence-corrected chi connectivity index (χ4v) is 4.73. The van der Waals surface area contributed by atoms with E-state index in [0.29, 0.717) is 16.8 Å². The van der Waals surface area contributed by atoms with Crippen LogP contribution in [0, 0.1) is 0 Å². The van der Waals surface area contributed by atoms with Gasteiger partial charge in [-0.1, -0.05) is 12.1 Å². The van der Waals surface area contributed by atoms with Gasteiger partial charge in [0.05, 0.1) is 11.2 Å². The van der Waals surface area contributed by atoms with Crippen LogP contribution in [0.25, 0.3) is 17.1 Å². The first-order valence-electron chi connectivity index (χ1n) is 7.87. The Hall–Kier alpha value is -2.36. The molecule has 0 radical (unpaired) electrons. The number of hydrogen-bond donors (Lipinski definition) is 1. The number of hydrogen-bond acceptors (Lipinski definition) is 4. The van der Waals surface area contributed by atoms with E-state index in [1.165, 1.54) is 0 Å². The van der Waals surface area contributed by atoms with Crippen molar-refractivity contribution in [1.29, 1.82) is 0 Å². The summed E-state index contributed by atoms with van der Waals surface area (Å²) < 4.78 is 37.0. The topological polar surface area (TPSA) is 81.5 Å². The molecule has 0 saturated heterocycles. The molecule has 0 fully saturated rings. The minimum Gasteiger partial charge on any atom is -0.463 e. The van der Waals surface area contributed by atoms with Crippen LogP contribution in [0.3, 0.4) is 0 Å². The summed E-state index contributed by atoms with van der Waals surface area (Å²) in [5, 5.41) is 4.45. The summed E-state index contributed by atoms with van der Waals surface area (Å²) in [7, 11) is -3.58. The summed E-state index contributed by atoms with van der Waals surface area (Å²) in [5.41, 5.74) is 1.59. The van der Waals surface area contributed by atoms with Crippen LogP contribution in [0.4, 0.5) is 0 Å². The second-order valence-corrected chi connectivity index (χ2v) is 8.22. The number of nitrogens with zero attached hydrogens (tertiary/aromatic N) is 3. The molecule has 0 amide bonds. The average molecular weight is 435 g/mol. The Balaban J connectivity index is 1.49. The number of nitrogens with one attached hydrogen (secondary N) is 1. The fourth-order valence-electron chi connectivity index (χ4n) is 2.70. The molecule has 0 bridgehead atoms. The predicted molar refractivity (Wildman–Crippen MR) is 100 cm³/mol. The Morgan fingerprint density at radius 3 is 2.77 bits per heavy atom. The quantitative estimate of drug-likeness (QED) is 0.505. The van der Waals surface area contributed by atoms with E-state index in [9.17, 15) is 8.42 Å². The third kappa shape index (κ3) is 3.20. The normalized spacial score (nSPS) is 12.0. The zero-order chi connectivity index (χ0) is 18.1. The van der Waals surface area contributed by atoms with Crippen LogP contribution < -0.4 is 4.72 Å². The molecule has 0 aliphatic heterocycles. The van der Waals surface area contributed by atoms with Crippen molar-refractivity contribution in [2.75, 3.05) is 6.54 Å². The SMILES string of the molecule is O=S(=O)(NCCn1ccn2nc(-c3ccco3)cc12)c1ccccc1Br. The van der Waals surface area contributed by atoms with E-state index in [4.69, 9.17) is 4.42 Å². The second kappa shape index (κ2) is 6.75. The first-order chi connectivity index (χ1) is 12.5. The van der Waals surface area contributed by atoms with E-state index in [-0.39, 0.29) is 11.4 Å². The number of rotatable bonds is 6. The lowest BCUT2D eigenvalue weighted by Crippen LogP contribution is -2.27. The van der Waals surface area contributed by atoms with Crippen molar-refractivity contribution in [3.05, 3.63) is 65.6 Å². The van der Waals surface area contributed by atoms with Gasteiger partial charge >= 0.3 is 0 Å². The van der Waals surface area contributed by atoms with Crippen LogP contribution in [0.5, 0.6) is 0 Å². The van der Waals surface area contributed by atoms with Gasteiger partial charge in [0, 0.05) is 36.0 Å². The van der Waals surface area contributed by atoms with E-state index in [0.717, 1.165) is 11.3 Å². The molecule has 0 aliphatic carbocycles. The minimum absolute atomic E-state index is 0.224. The molecule has 9 heteroatoms. The fraction of sp³-hybridized carbons (Fsp3) is 0.118. The molecule has 4 rings (SSSR count). The van der Waals surface area contributed by atoms with Gasteiger partial charge in [-0.25, -0.2) is 17.7 Å². The van der Waals surface area contributed by atoms with Crippen molar-refractivity contribution in [1.82, 2.24) is 18.9 Å². The first-order valence-corrected chi connectivity index (χ1v) is 10.1. The van der Waals surface area contributed by atoms with Crippen LogP contribution in [-0.4, -0.2) is 29.1 Å². The number of imidazole rings is 1. The first kappa shape index (κ1) is 17.1. The lowest BCUT2D eigenvalue weighted by atomic mass is 10.3. The maximum Gasteiger partial charge on any atom is 0.241 e. The molecule has 0 unspecified atom stereocenters. The minimum atomic E-state index is -3.58. The summed E-state index contributed by atoms with van der Waals surface area (Å²) >= 11 is 3.27. The van der Waals surface area contributed by atoms with Crippen molar-refractivity contribution in [2.24, 2.45) is 0 Å². The molecule has 26 heavy (non-hydrogen) atoms. The summed E-state index contributed by atoms with van der Waals surface area (Å²) in [5.74, 6) is 0.690. The largest absolute Gasteiger partial charge is 0.463 e. The van der Waals surface area contributed by atoms with Crippen molar-refractivity contribution < 1.29 is 12.8 Å². The zero-order valence-corrected chi connectivity index (χ0v) is 15.9. The lowest BCUT2D eigenvalue weighted by Gasteiger charge is -2.09. The van der Waals surface area contributed by atoms with Crippen LogP contribution in [0.2, 0.25) is 0 Å². The number of aromatic nitrogens is 3. The van der Waals surface area contributed by atoms with Gasteiger partial charge in [-0.3, -0.25) is 0 Å². The molecule has 0 saturated carbocycles. The van der Waals surface area contributed by atoms with Gasteiger partial charge in [0.15, 0.2) is 5.76 Å². The molecule has 0 atom stereocenters. The van der Waals surface area contributed by atoms with Gasteiger partial charge in [0.2, 0.25) is 10.0 Å². The highest BCUT2D eigenvalue weighted by Crippen LogP contribution is 2.22. The Kier molecular flexibility index (Phi) is 4.43. The zero-order valence-electron chi connectivity index (χ0n) is 13.5. The van der Waals surface area contributed by atoms with Crippen molar-refractivity contribution in [2.45, 2.75) is 11.4 Å². The highest BCUT2D eigenvalue weighted by atomic mass is 79.9.